The molecule has 2 aromatic carbocycles. The van der Waals surface area contributed by atoms with Gasteiger partial charge in [-0.2, -0.15) is 0 Å². The number of hydrogen-bond acceptors (Lipinski definition) is 1. The predicted molar refractivity (Wildman–Crippen MR) is 136 cm³/mol. The molecule has 1 heterocycles. The van der Waals surface area contributed by atoms with E-state index < -0.39 is 0 Å². The molecule has 0 radical (unpaired) electrons. The summed E-state index contributed by atoms with van der Waals surface area (Å²) in [6.07, 6.45) is 10.7. The molecule has 168 valence electrons. The predicted octanol–water partition coefficient (Wildman–Crippen LogP) is 8.25. The fourth-order valence-corrected chi connectivity index (χ4v) is 9.89. The average Bonchev–Trinajstić information content (AvgIpc) is 3.27. The Hall–Kier alpha value is -2.15. The molecule has 3 fully saturated rings. The van der Waals surface area contributed by atoms with E-state index in [-0.39, 0.29) is 10.8 Å². The van der Waals surface area contributed by atoms with Gasteiger partial charge in [0.2, 0.25) is 0 Å². The Labute approximate surface area is 198 Å². The van der Waals surface area contributed by atoms with E-state index in [0.29, 0.717) is 0 Å². The second-order valence-corrected chi connectivity index (χ2v) is 13.7. The molecule has 1 nitrogen and oxygen atoms in total. The molecule has 0 amide bonds. The molecule has 1 heteroatoms. The molecule has 1 spiro atoms. The van der Waals surface area contributed by atoms with Crippen molar-refractivity contribution in [3.05, 3.63) is 64.8 Å². The van der Waals surface area contributed by atoms with E-state index in [1.807, 2.05) is 0 Å². The molecule has 3 bridgehead atoms. The number of pyridine rings is 1. The van der Waals surface area contributed by atoms with Crippen LogP contribution in [0.2, 0.25) is 0 Å². The molecule has 0 saturated heterocycles. The summed E-state index contributed by atoms with van der Waals surface area (Å²) in [7, 11) is 0. The second-order valence-electron chi connectivity index (χ2n) is 13.7. The van der Waals surface area contributed by atoms with Gasteiger partial charge in [0.05, 0.1) is 5.69 Å². The lowest BCUT2D eigenvalue weighted by molar-refractivity contribution is 0.00322. The summed E-state index contributed by atoms with van der Waals surface area (Å²) in [6, 6.07) is 14.6. The van der Waals surface area contributed by atoms with E-state index >= 15 is 0 Å². The van der Waals surface area contributed by atoms with Gasteiger partial charge in [-0.3, -0.25) is 4.98 Å². The van der Waals surface area contributed by atoms with Crippen LogP contribution in [0.1, 0.15) is 100 Å². The Morgan fingerprint density at radius 2 is 1.39 bits per heavy atom. The summed E-state index contributed by atoms with van der Waals surface area (Å²) in [4.78, 5) is 4.99. The number of hydrogen-bond donors (Lipinski definition) is 0. The summed E-state index contributed by atoms with van der Waals surface area (Å²) in [5.74, 6) is 3.69. The first-order chi connectivity index (χ1) is 15.7. The zero-order valence-corrected chi connectivity index (χ0v) is 20.5. The van der Waals surface area contributed by atoms with Crippen LogP contribution < -0.4 is 0 Å². The van der Waals surface area contributed by atoms with E-state index in [0.717, 1.165) is 34.8 Å². The third kappa shape index (κ3) is 2.32. The molecular formula is C32H35N. The van der Waals surface area contributed by atoms with Crippen LogP contribution in [0.5, 0.6) is 0 Å². The van der Waals surface area contributed by atoms with Crippen molar-refractivity contribution in [2.45, 2.75) is 88.9 Å². The highest BCUT2D eigenvalue weighted by atomic mass is 14.7. The van der Waals surface area contributed by atoms with E-state index in [2.05, 4.69) is 70.3 Å². The zero-order chi connectivity index (χ0) is 22.3. The van der Waals surface area contributed by atoms with Gasteiger partial charge in [-0.25, -0.2) is 0 Å². The Morgan fingerprint density at radius 1 is 0.727 bits per heavy atom. The van der Waals surface area contributed by atoms with Crippen molar-refractivity contribution in [2.75, 3.05) is 0 Å². The summed E-state index contributed by atoms with van der Waals surface area (Å²) >= 11 is 0. The molecule has 3 aromatic rings. The lowest BCUT2D eigenvalue weighted by atomic mass is 9.56. The maximum atomic E-state index is 4.99. The molecule has 0 aliphatic heterocycles. The van der Waals surface area contributed by atoms with E-state index in [9.17, 15) is 0 Å². The molecule has 1 aromatic heterocycles. The van der Waals surface area contributed by atoms with Crippen LogP contribution in [0.25, 0.3) is 22.0 Å². The lowest BCUT2D eigenvalue weighted by Gasteiger charge is -2.48. The highest BCUT2D eigenvalue weighted by Gasteiger charge is 2.65. The normalized spacial score (nSPS) is 35.8. The topological polar surface area (TPSA) is 12.9 Å². The molecule has 8 rings (SSSR count). The Kier molecular flexibility index (Phi) is 3.33. The van der Waals surface area contributed by atoms with Gasteiger partial charge in [0.1, 0.15) is 0 Å². The maximum Gasteiger partial charge on any atom is 0.0708 e. The Balaban J connectivity index is 1.25. The number of benzene rings is 2. The molecule has 5 atom stereocenters. The van der Waals surface area contributed by atoms with Gasteiger partial charge in [0.25, 0.3) is 0 Å². The van der Waals surface area contributed by atoms with E-state index in [4.69, 9.17) is 4.98 Å². The number of rotatable bonds is 1. The van der Waals surface area contributed by atoms with Crippen molar-refractivity contribution in [1.82, 2.24) is 4.98 Å². The van der Waals surface area contributed by atoms with Crippen LogP contribution in [0.3, 0.4) is 0 Å². The minimum atomic E-state index is 0.224. The highest BCUT2D eigenvalue weighted by molar-refractivity contribution is 5.87. The Morgan fingerprint density at radius 3 is 2.12 bits per heavy atom. The van der Waals surface area contributed by atoms with Crippen LogP contribution in [0.4, 0.5) is 0 Å². The van der Waals surface area contributed by atoms with Crippen LogP contribution in [-0.4, -0.2) is 4.98 Å². The van der Waals surface area contributed by atoms with Gasteiger partial charge in [-0.05, 0) is 124 Å². The Bertz CT molecular complexity index is 1360. The van der Waals surface area contributed by atoms with Gasteiger partial charge in [0.15, 0.2) is 0 Å². The third-order valence-corrected chi connectivity index (χ3v) is 11.0. The molecule has 5 unspecified atom stereocenters. The summed E-state index contributed by atoms with van der Waals surface area (Å²) in [5.41, 5.74) is 10.0. The van der Waals surface area contributed by atoms with Gasteiger partial charge in [-0.15, -0.1) is 0 Å². The first kappa shape index (κ1) is 19.2. The summed E-state index contributed by atoms with van der Waals surface area (Å²) in [5, 5.41) is 2.73. The van der Waals surface area contributed by atoms with Gasteiger partial charge in [-0.1, -0.05) is 45.9 Å². The molecule has 33 heavy (non-hydrogen) atoms. The van der Waals surface area contributed by atoms with Crippen LogP contribution in [-0.2, 0) is 10.8 Å². The number of nitrogens with zero attached hydrogens (tertiary/aromatic N) is 1. The number of fused-ring (bicyclic) bond motifs is 7. The van der Waals surface area contributed by atoms with Gasteiger partial charge in [0, 0.05) is 17.1 Å². The monoisotopic (exact) mass is 433 g/mol. The average molecular weight is 434 g/mol. The molecular weight excluding hydrogens is 398 g/mol. The SMILES string of the molecule is CC1(C)CC(C)(C)c2cc(-c3cc4cc5c(cc4cn3)C3CC4CC6CC5CC46C3)ccc21. The second kappa shape index (κ2) is 5.73. The smallest absolute Gasteiger partial charge is 0.0708 e. The van der Waals surface area contributed by atoms with E-state index in [1.165, 1.54) is 66.0 Å². The van der Waals surface area contributed by atoms with E-state index in [1.54, 1.807) is 11.1 Å². The molecule has 5 aliphatic carbocycles. The minimum absolute atomic E-state index is 0.224. The van der Waals surface area contributed by atoms with Crippen molar-refractivity contribution in [3.63, 3.8) is 0 Å². The van der Waals surface area contributed by atoms with Crippen molar-refractivity contribution in [1.29, 1.82) is 0 Å². The first-order valence-corrected chi connectivity index (χ1v) is 13.3. The molecule has 3 saturated carbocycles. The van der Waals surface area contributed by atoms with Crippen LogP contribution in [0.15, 0.2) is 42.6 Å². The fourth-order valence-electron chi connectivity index (χ4n) is 9.89. The van der Waals surface area contributed by atoms with Gasteiger partial charge < -0.3 is 0 Å². The van der Waals surface area contributed by atoms with Gasteiger partial charge >= 0.3 is 0 Å². The van der Waals surface area contributed by atoms with Crippen LogP contribution in [0, 0.1) is 17.3 Å². The lowest BCUT2D eigenvalue weighted by Crippen LogP contribution is -2.41. The zero-order valence-electron chi connectivity index (χ0n) is 20.5. The van der Waals surface area contributed by atoms with Crippen LogP contribution >= 0.6 is 0 Å². The van der Waals surface area contributed by atoms with Crippen molar-refractivity contribution >= 4 is 10.8 Å². The number of aromatic nitrogens is 1. The van der Waals surface area contributed by atoms with Crippen molar-refractivity contribution in [2.24, 2.45) is 17.3 Å². The standard InChI is InChI=1S/C32H35N/c1-30(2)17-31(3,4)28-11-18(5-6-27(28)30)29-12-19-9-25-20-7-23-13-24-8-21(15-32(23,24)14-20)26(25)10-22(19)16-33-29/h5-6,9-12,16,20-21,23-24H,7-8,13-15,17H2,1-4H3. The minimum Gasteiger partial charge on any atom is -0.256 e. The largest absolute Gasteiger partial charge is 0.256 e. The summed E-state index contributed by atoms with van der Waals surface area (Å²) in [6.45, 7) is 9.59. The van der Waals surface area contributed by atoms with Crippen molar-refractivity contribution in [3.8, 4) is 11.3 Å². The first-order valence-electron chi connectivity index (χ1n) is 13.3. The van der Waals surface area contributed by atoms with Crippen molar-refractivity contribution < 1.29 is 0 Å². The highest BCUT2D eigenvalue weighted by Crippen LogP contribution is 2.76. The molecule has 5 aliphatic rings. The maximum absolute atomic E-state index is 4.99. The quantitative estimate of drug-likeness (QED) is 0.376. The third-order valence-electron chi connectivity index (χ3n) is 11.0. The summed E-state index contributed by atoms with van der Waals surface area (Å²) < 4.78 is 0. The fraction of sp³-hybridized carbons (Fsp3) is 0.531. The molecule has 0 N–H and O–H groups in total.